The highest BCUT2D eigenvalue weighted by molar-refractivity contribution is 6.35. The van der Waals surface area contributed by atoms with E-state index >= 15 is 0 Å². The molecule has 1 atom stereocenters. The molecule has 0 radical (unpaired) electrons. The average Bonchev–Trinajstić information content (AvgIpc) is 2.50. The van der Waals surface area contributed by atoms with Crippen LogP contribution in [0.25, 0.3) is 0 Å². The van der Waals surface area contributed by atoms with Crippen molar-refractivity contribution in [3.05, 3.63) is 33.8 Å². The van der Waals surface area contributed by atoms with E-state index < -0.39 is 0 Å². The van der Waals surface area contributed by atoms with Crippen LogP contribution in [-0.4, -0.2) is 49.1 Å². The van der Waals surface area contributed by atoms with E-state index in [9.17, 15) is 0 Å². The minimum atomic E-state index is 0.146. The molecule has 1 aromatic carbocycles. The van der Waals surface area contributed by atoms with Crippen molar-refractivity contribution in [1.82, 2.24) is 9.80 Å². The van der Waals surface area contributed by atoms with Crippen LogP contribution in [0.3, 0.4) is 0 Å². The lowest BCUT2D eigenvalue weighted by molar-refractivity contribution is 0.101. The molecule has 1 saturated heterocycles. The van der Waals surface area contributed by atoms with Crippen molar-refractivity contribution in [2.45, 2.75) is 31.8 Å². The fourth-order valence-corrected chi connectivity index (χ4v) is 3.72. The van der Waals surface area contributed by atoms with Gasteiger partial charge in [-0.15, -0.1) is 0 Å². The smallest absolute Gasteiger partial charge is 0.0485 e. The first-order valence-electron chi connectivity index (χ1n) is 7.66. The summed E-state index contributed by atoms with van der Waals surface area (Å²) < 4.78 is 0. The maximum absolute atomic E-state index is 6.36. The fraction of sp³-hybridized carbons (Fsp3) is 0.625. The van der Waals surface area contributed by atoms with Crippen LogP contribution in [0.15, 0.2) is 18.2 Å². The molecule has 1 unspecified atom stereocenters. The summed E-state index contributed by atoms with van der Waals surface area (Å²) in [7, 11) is 2.16. The molecular weight excluding hydrogens is 305 g/mol. The van der Waals surface area contributed by atoms with E-state index in [1.807, 2.05) is 12.1 Å². The molecule has 1 aliphatic rings. The molecule has 1 aromatic rings. The number of rotatable bonds is 5. The van der Waals surface area contributed by atoms with Crippen molar-refractivity contribution < 1.29 is 0 Å². The van der Waals surface area contributed by atoms with Gasteiger partial charge in [0.2, 0.25) is 0 Å². The van der Waals surface area contributed by atoms with Crippen molar-refractivity contribution in [3.8, 4) is 0 Å². The minimum Gasteiger partial charge on any atom is -0.329 e. The van der Waals surface area contributed by atoms with Gasteiger partial charge in [-0.1, -0.05) is 36.2 Å². The quantitative estimate of drug-likeness (QED) is 0.898. The van der Waals surface area contributed by atoms with Gasteiger partial charge in [-0.05, 0) is 57.2 Å². The normalized spacial score (nSPS) is 19.1. The van der Waals surface area contributed by atoms with E-state index in [0.717, 1.165) is 25.2 Å². The lowest BCUT2D eigenvalue weighted by Gasteiger charge is -2.40. The minimum absolute atomic E-state index is 0.146. The highest BCUT2D eigenvalue weighted by Crippen LogP contribution is 2.31. The first kappa shape index (κ1) is 17.0. The Bertz CT molecular complexity index is 459. The molecule has 1 aliphatic heterocycles. The summed E-state index contributed by atoms with van der Waals surface area (Å²) >= 11 is 12.3. The fourth-order valence-electron chi connectivity index (χ4n) is 3.18. The SMILES string of the molecule is CCN1CCC(N(C)C(CN)c2ccc(Cl)cc2Cl)CC1. The number of hydrogen-bond donors (Lipinski definition) is 1. The Morgan fingerprint density at radius 1 is 1.33 bits per heavy atom. The molecule has 118 valence electrons. The van der Waals surface area contributed by atoms with Crippen LogP contribution >= 0.6 is 23.2 Å². The second-order valence-corrected chi connectivity index (χ2v) is 6.59. The molecule has 21 heavy (non-hydrogen) atoms. The van der Waals surface area contributed by atoms with Gasteiger partial charge in [-0.3, -0.25) is 4.90 Å². The Hall–Kier alpha value is -0.320. The molecule has 2 rings (SSSR count). The summed E-state index contributed by atoms with van der Waals surface area (Å²) in [6.07, 6.45) is 2.37. The molecule has 0 amide bonds. The van der Waals surface area contributed by atoms with Gasteiger partial charge in [0.05, 0.1) is 0 Å². The predicted octanol–water partition coefficient (Wildman–Crippen LogP) is 3.41. The molecule has 0 aromatic heterocycles. The molecular formula is C16H25Cl2N3. The molecule has 5 heteroatoms. The van der Waals surface area contributed by atoms with Gasteiger partial charge in [0.15, 0.2) is 0 Å². The summed E-state index contributed by atoms with van der Waals surface area (Å²) in [5.74, 6) is 0. The maximum Gasteiger partial charge on any atom is 0.0485 e. The van der Waals surface area contributed by atoms with Crippen LogP contribution < -0.4 is 5.73 Å². The first-order valence-corrected chi connectivity index (χ1v) is 8.41. The van der Waals surface area contributed by atoms with Gasteiger partial charge in [0.25, 0.3) is 0 Å². The van der Waals surface area contributed by atoms with Crippen molar-refractivity contribution in [2.75, 3.05) is 33.2 Å². The number of halogens is 2. The topological polar surface area (TPSA) is 32.5 Å². The number of nitrogens with two attached hydrogens (primary N) is 1. The first-order chi connectivity index (χ1) is 10.1. The van der Waals surface area contributed by atoms with Crippen LogP contribution in [-0.2, 0) is 0 Å². The Kier molecular flexibility index (Phi) is 6.33. The van der Waals surface area contributed by atoms with Crippen LogP contribution in [0, 0.1) is 0 Å². The second kappa shape index (κ2) is 7.80. The molecule has 0 saturated carbocycles. The predicted molar refractivity (Wildman–Crippen MR) is 91.2 cm³/mol. The molecule has 0 spiro atoms. The third-order valence-corrected chi connectivity index (χ3v) is 5.18. The zero-order valence-electron chi connectivity index (χ0n) is 12.9. The molecule has 0 aliphatic carbocycles. The largest absolute Gasteiger partial charge is 0.329 e. The molecule has 1 fully saturated rings. The molecule has 2 N–H and O–H groups in total. The number of hydrogen-bond acceptors (Lipinski definition) is 3. The molecule has 3 nitrogen and oxygen atoms in total. The van der Waals surface area contributed by atoms with Crippen molar-refractivity contribution in [1.29, 1.82) is 0 Å². The Morgan fingerprint density at radius 2 is 2.00 bits per heavy atom. The summed E-state index contributed by atoms with van der Waals surface area (Å²) in [5, 5.41) is 1.37. The van der Waals surface area contributed by atoms with E-state index in [2.05, 4.69) is 23.8 Å². The van der Waals surface area contributed by atoms with Gasteiger partial charge >= 0.3 is 0 Å². The average molecular weight is 330 g/mol. The number of benzene rings is 1. The van der Waals surface area contributed by atoms with Gasteiger partial charge in [-0.2, -0.15) is 0 Å². The van der Waals surface area contributed by atoms with E-state index in [1.54, 1.807) is 6.07 Å². The monoisotopic (exact) mass is 329 g/mol. The van der Waals surface area contributed by atoms with E-state index in [0.29, 0.717) is 22.6 Å². The Labute approximate surface area is 138 Å². The van der Waals surface area contributed by atoms with Gasteiger partial charge in [0.1, 0.15) is 0 Å². The second-order valence-electron chi connectivity index (χ2n) is 5.75. The van der Waals surface area contributed by atoms with Crippen LogP contribution in [0.5, 0.6) is 0 Å². The van der Waals surface area contributed by atoms with Crippen LogP contribution in [0.2, 0.25) is 10.0 Å². The molecule has 1 heterocycles. The third-order valence-electron chi connectivity index (χ3n) is 4.62. The lowest BCUT2D eigenvalue weighted by atomic mass is 9.98. The molecule has 0 bridgehead atoms. The Morgan fingerprint density at radius 3 is 2.52 bits per heavy atom. The van der Waals surface area contributed by atoms with Crippen LogP contribution in [0.1, 0.15) is 31.4 Å². The lowest BCUT2D eigenvalue weighted by Crippen LogP contribution is -2.46. The van der Waals surface area contributed by atoms with Crippen molar-refractivity contribution in [3.63, 3.8) is 0 Å². The van der Waals surface area contributed by atoms with Gasteiger partial charge < -0.3 is 10.6 Å². The number of likely N-dealkylation sites (tertiary alicyclic amines) is 1. The Balaban J connectivity index is 2.10. The summed E-state index contributed by atoms with van der Waals surface area (Å²) in [6.45, 7) is 6.25. The standard InChI is InChI=1S/C16H25Cl2N3/c1-3-21-8-6-13(7-9-21)20(2)16(11-19)14-5-4-12(17)10-15(14)18/h4-5,10,13,16H,3,6-9,11,19H2,1-2H3. The van der Waals surface area contributed by atoms with Gasteiger partial charge in [0, 0.05) is 28.7 Å². The number of likely N-dealkylation sites (N-methyl/N-ethyl adjacent to an activating group) is 1. The highest BCUT2D eigenvalue weighted by Gasteiger charge is 2.27. The van der Waals surface area contributed by atoms with E-state index in [4.69, 9.17) is 28.9 Å². The number of piperidine rings is 1. The van der Waals surface area contributed by atoms with Gasteiger partial charge in [-0.25, -0.2) is 0 Å². The zero-order valence-corrected chi connectivity index (χ0v) is 14.4. The summed E-state index contributed by atoms with van der Waals surface area (Å²) in [5.41, 5.74) is 7.10. The van der Waals surface area contributed by atoms with Crippen molar-refractivity contribution >= 4 is 23.2 Å². The summed E-state index contributed by atoms with van der Waals surface area (Å²) in [4.78, 5) is 4.89. The highest BCUT2D eigenvalue weighted by atomic mass is 35.5. The van der Waals surface area contributed by atoms with Crippen molar-refractivity contribution in [2.24, 2.45) is 5.73 Å². The summed E-state index contributed by atoms with van der Waals surface area (Å²) in [6, 6.07) is 6.40. The number of nitrogens with zero attached hydrogens (tertiary/aromatic N) is 2. The van der Waals surface area contributed by atoms with Crippen LogP contribution in [0.4, 0.5) is 0 Å². The third kappa shape index (κ3) is 4.11. The van der Waals surface area contributed by atoms with E-state index in [1.165, 1.54) is 12.8 Å². The van der Waals surface area contributed by atoms with E-state index in [-0.39, 0.29) is 6.04 Å². The zero-order chi connectivity index (χ0) is 15.4. The maximum atomic E-state index is 6.36.